The number of carbonyl (C=O) groups excluding carboxylic acids is 2. The van der Waals surface area contributed by atoms with Gasteiger partial charge in [-0.15, -0.1) is 0 Å². The van der Waals surface area contributed by atoms with Gasteiger partial charge in [0.2, 0.25) is 17.2 Å². The highest BCUT2D eigenvalue weighted by Crippen LogP contribution is 2.59. The van der Waals surface area contributed by atoms with Crippen LogP contribution in [0.25, 0.3) is 5.76 Å². The number of fused-ring (bicyclic) bond motifs is 4. The van der Waals surface area contributed by atoms with Gasteiger partial charge in [-0.2, -0.15) is 0 Å². The van der Waals surface area contributed by atoms with Crippen molar-refractivity contribution in [2.24, 2.45) is 11.8 Å². The standard InChI is InChI=1S/C34H36N2O6/c1-7-11-21-28-19(3)22-16-23-24(36(4)5)15-14-18(2)25(23)29(37)26(22)31(38)34(28,40-6)32(39)27-30(21)42-35-33(27)41-17-20-12-9-8-10-13-20/h8-10,12-15,21-22,28,37H,3,7,11,16-17H2,1-2,4-6H3. The van der Waals surface area contributed by atoms with Gasteiger partial charge in [-0.05, 0) is 47.7 Å². The Hall–Kier alpha value is -4.17. The van der Waals surface area contributed by atoms with Crippen LogP contribution in [0.3, 0.4) is 0 Å². The Morgan fingerprint density at radius 1 is 1.12 bits per heavy atom. The Morgan fingerprint density at radius 2 is 1.86 bits per heavy atom. The van der Waals surface area contributed by atoms with Crippen molar-refractivity contribution in [3.63, 3.8) is 0 Å². The molecule has 0 radical (unpaired) electrons. The van der Waals surface area contributed by atoms with Crippen molar-refractivity contribution >= 4 is 23.0 Å². The molecule has 8 heteroatoms. The maximum absolute atomic E-state index is 14.7. The minimum Gasteiger partial charge on any atom is -0.507 e. The second-order valence-corrected chi connectivity index (χ2v) is 11.7. The molecule has 3 aliphatic rings. The highest BCUT2D eigenvalue weighted by atomic mass is 16.5. The molecule has 2 aromatic carbocycles. The van der Waals surface area contributed by atoms with Crippen LogP contribution in [0.4, 0.5) is 5.69 Å². The van der Waals surface area contributed by atoms with Crippen molar-refractivity contribution < 1.29 is 28.7 Å². The summed E-state index contributed by atoms with van der Waals surface area (Å²) in [6.45, 7) is 8.63. The number of Topliss-reactive ketones (excluding diaryl/α,β-unsaturated/α-hetero) is 2. The fourth-order valence-corrected chi connectivity index (χ4v) is 7.33. The van der Waals surface area contributed by atoms with Gasteiger partial charge in [0.05, 0.1) is 0 Å². The van der Waals surface area contributed by atoms with Crippen LogP contribution in [0.1, 0.15) is 64.1 Å². The van der Waals surface area contributed by atoms with Crippen molar-refractivity contribution in [1.29, 1.82) is 0 Å². The monoisotopic (exact) mass is 568 g/mol. The molecule has 1 heterocycles. The number of methoxy groups -OCH3 is 1. The third-order valence-corrected chi connectivity index (χ3v) is 9.22. The molecule has 1 fully saturated rings. The zero-order valence-electron chi connectivity index (χ0n) is 24.7. The summed E-state index contributed by atoms with van der Waals surface area (Å²) in [4.78, 5) is 31.3. The number of aliphatic hydroxyl groups excluding tert-OH is 1. The Morgan fingerprint density at radius 3 is 2.52 bits per heavy atom. The van der Waals surface area contributed by atoms with E-state index in [1.165, 1.54) is 7.11 Å². The number of hydrogen-bond acceptors (Lipinski definition) is 8. The normalized spacial score (nSPS) is 24.6. The molecule has 6 rings (SSSR count). The van der Waals surface area contributed by atoms with Crippen LogP contribution in [-0.2, 0) is 22.6 Å². The van der Waals surface area contributed by atoms with Crippen LogP contribution in [0, 0.1) is 18.8 Å². The first-order valence-electron chi connectivity index (χ1n) is 14.4. The van der Waals surface area contributed by atoms with Gasteiger partial charge in [0.15, 0.2) is 5.76 Å². The third-order valence-electron chi connectivity index (χ3n) is 9.22. The van der Waals surface area contributed by atoms with Gasteiger partial charge in [0.25, 0.3) is 5.88 Å². The van der Waals surface area contributed by atoms with Crippen molar-refractivity contribution in [3.05, 3.63) is 93.8 Å². The van der Waals surface area contributed by atoms with Gasteiger partial charge < -0.3 is 24.0 Å². The molecule has 1 saturated carbocycles. The number of aliphatic hydroxyl groups is 1. The molecule has 0 aliphatic heterocycles. The molecule has 8 nitrogen and oxygen atoms in total. The second kappa shape index (κ2) is 10.3. The molecule has 42 heavy (non-hydrogen) atoms. The van der Waals surface area contributed by atoms with E-state index in [4.69, 9.17) is 14.0 Å². The lowest BCUT2D eigenvalue weighted by Crippen LogP contribution is -2.63. The number of benzene rings is 2. The fourth-order valence-electron chi connectivity index (χ4n) is 7.33. The zero-order chi connectivity index (χ0) is 29.9. The first-order valence-corrected chi connectivity index (χ1v) is 14.4. The van der Waals surface area contributed by atoms with Crippen LogP contribution in [0.5, 0.6) is 5.88 Å². The first-order chi connectivity index (χ1) is 20.2. The summed E-state index contributed by atoms with van der Waals surface area (Å²) in [6, 6.07) is 13.5. The minimum absolute atomic E-state index is 0.0361. The predicted octanol–water partition coefficient (Wildman–Crippen LogP) is 5.99. The molecule has 4 atom stereocenters. The summed E-state index contributed by atoms with van der Waals surface area (Å²) in [7, 11) is 5.29. The van der Waals surface area contributed by atoms with Gasteiger partial charge in [-0.1, -0.05) is 61.9 Å². The average Bonchev–Trinajstić information content (AvgIpc) is 3.41. The van der Waals surface area contributed by atoms with Crippen LogP contribution in [0.15, 0.2) is 64.7 Å². The van der Waals surface area contributed by atoms with E-state index in [9.17, 15) is 14.7 Å². The second-order valence-electron chi connectivity index (χ2n) is 11.7. The maximum Gasteiger partial charge on any atom is 0.265 e. The quantitative estimate of drug-likeness (QED) is 0.274. The molecule has 0 saturated heterocycles. The Balaban J connectivity index is 1.52. The van der Waals surface area contributed by atoms with Crippen molar-refractivity contribution in [1.82, 2.24) is 5.16 Å². The molecule has 0 bridgehead atoms. The van der Waals surface area contributed by atoms with E-state index in [1.807, 2.05) is 75.3 Å². The maximum atomic E-state index is 14.7. The van der Waals surface area contributed by atoms with Gasteiger partial charge in [-0.3, -0.25) is 9.59 Å². The highest BCUT2D eigenvalue weighted by Gasteiger charge is 2.67. The first kappa shape index (κ1) is 28.0. The molecule has 1 N–H and O–H groups in total. The highest BCUT2D eigenvalue weighted by molar-refractivity contribution is 6.27. The number of rotatable bonds is 7. The fraction of sp³-hybridized carbons (Fsp3) is 0.382. The smallest absolute Gasteiger partial charge is 0.265 e. The number of nitrogens with zero attached hydrogens (tertiary/aromatic N) is 2. The topological polar surface area (TPSA) is 102 Å². The van der Waals surface area contributed by atoms with Gasteiger partial charge in [-0.25, -0.2) is 0 Å². The Bertz CT molecular complexity index is 1630. The number of anilines is 1. The molecule has 1 aromatic heterocycles. The number of carbonyl (C=O) groups is 2. The average molecular weight is 569 g/mol. The predicted molar refractivity (Wildman–Crippen MR) is 159 cm³/mol. The van der Waals surface area contributed by atoms with E-state index in [2.05, 4.69) is 11.7 Å². The van der Waals surface area contributed by atoms with E-state index in [0.29, 0.717) is 29.7 Å². The van der Waals surface area contributed by atoms with Gasteiger partial charge in [0, 0.05) is 55.8 Å². The van der Waals surface area contributed by atoms with Crippen molar-refractivity contribution in [3.8, 4) is 5.88 Å². The molecular formula is C34H36N2O6. The summed E-state index contributed by atoms with van der Waals surface area (Å²) in [6.07, 6.45) is 1.86. The molecule has 0 spiro atoms. The lowest BCUT2D eigenvalue weighted by Gasteiger charge is -2.51. The molecule has 3 aromatic rings. The van der Waals surface area contributed by atoms with E-state index in [0.717, 1.165) is 28.8 Å². The van der Waals surface area contributed by atoms with Crippen molar-refractivity contribution in [2.45, 2.75) is 51.2 Å². The minimum atomic E-state index is -1.93. The van der Waals surface area contributed by atoms with Crippen LogP contribution >= 0.6 is 0 Å². The number of ketones is 2. The molecular weight excluding hydrogens is 532 g/mol. The number of aryl methyl sites for hydroxylation is 1. The van der Waals surface area contributed by atoms with E-state index >= 15 is 0 Å². The summed E-state index contributed by atoms with van der Waals surface area (Å²) in [5.74, 6) is -2.35. The Labute approximate surface area is 245 Å². The molecule has 218 valence electrons. The number of aromatic nitrogens is 1. The summed E-state index contributed by atoms with van der Waals surface area (Å²) >= 11 is 0. The third kappa shape index (κ3) is 3.81. The Kier molecular flexibility index (Phi) is 6.84. The number of hydrogen-bond donors (Lipinski definition) is 1. The van der Waals surface area contributed by atoms with E-state index in [-0.39, 0.29) is 29.4 Å². The summed E-state index contributed by atoms with van der Waals surface area (Å²) in [5, 5.41) is 16.0. The van der Waals surface area contributed by atoms with Crippen molar-refractivity contribution in [2.75, 3.05) is 26.1 Å². The SMILES string of the molecule is C=C1C2Cc3c(N(C)C)ccc(C)c3C(O)=C2C(=O)C2(OC)C(=O)c3c(OCc4ccccc4)noc3C(CCC)C12. The molecule has 0 amide bonds. The van der Waals surface area contributed by atoms with Crippen LogP contribution in [0.2, 0.25) is 0 Å². The lowest BCUT2D eigenvalue weighted by molar-refractivity contribution is -0.140. The van der Waals surface area contributed by atoms with E-state index in [1.54, 1.807) is 0 Å². The summed E-state index contributed by atoms with van der Waals surface area (Å²) in [5.41, 5.74) is 3.36. The number of ether oxygens (including phenoxy) is 2. The zero-order valence-corrected chi connectivity index (χ0v) is 24.7. The molecule has 4 unspecified atom stereocenters. The lowest BCUT2D eigenvalue weighted by atomic mass is 9.53. The van der Waals surface area contributed by atoms with Crippen LogP contribution in [-0.4, -0.2) is 48.6 Å². The summed E-state index contributed by atoms with van der Waals surface area (Å²) < 4.78 is 17.9. The van der Waals surface area contributed by atoms with Crippen LogP contribution < -0.4 is 9.64 Å². The van der Waals surface area contributed by atoms with E-state index < -0.39 is 34.9 Å². The van der Waals surface area contributed by atoms with Gasteiger partial charge >= 0.3 is 0 Å². The van der Waals surface area contributed by atoms with Gasteiger partial charge in [0.1, 0.15) is 17.9 Å². The largest absolute Gasteiger partial charge is 0.507 e. The molecule has 3 aliphatic carbocycles.